The van der Waals surface area contributed by atoms with E-state index in [2.05, 4.69) is 43.0 Å². The minimum absolute atomic E-state index is 0.515. The van der Waals surface area contributed by atoms with Crippen molar-refractivity contribution < 1.29 is 9.84 Å². The molecule has 0 bridgehead atoms. The van der Waals surface area contributed by atoms with E-state index >= 15 is 0 Å². The molecule has 0 radical (unpaired) electrons. The van der Waals surface area contributed by atoms with Crippen molar-refractivity contribution in [2.45, 2.75) is 38.3 Å². The first kappa shape index (κ1) is 17.3. The minimum atomic E-state index is -0.515. The van der Waals surface area contributed by atoms with E-state index in [9.17, 15) is 5.11 Å². The van der Waals surface area contributed by atoms with Crippen LogP contribution in [0.1, 0.15) is 31.7 Å². The van der Waals surface area contributed by atoms with Crippen molar-refractivity contribution in [3.05, 3.63) is 29.8 Å². The van der Waals surface area contributed by atoms with E-state index in [0.29, 0.717) is 6.61 Å². The SMILES string of the molecule is CC[C@@]1(O)CCCN(Cc2ccccc2OCCN(C)C)C1. The smallest absolute Gasteiger partial charge is 0.123 e. The number of ether oxygens (including phenoxy) is 1. The molecule has 1 fully saturated rings. The second-order valence-corrected chi connectivity index (χ2v) is 6.65. The number of aliphatic hydroxyl groups is 1. The highest BCUT2D eigenvalue weighted by Crippen LogP contribution is 2.27. The summed E-state index contributed by atoms with van der Waals surface area (Å²) in [5.41, 5.74) is 0.695. The van der Waals surface area contributed by atoms with Crippen molar-refractivity contribution in [3.63, 3.8) is 0 Å². The van der Waals surface area contributed by atoms with Crippen molar-refractivity contribution in [1.29, 1.82) is 0 Å². The van der Waals surface area contributed by atoms with Gasteiger partial charge in [0.25, 0.3) is 0 Å². The number of likely N-dealkylation sites (tertiary alicyclic amines) is 1. The molecule has 1 aromatic carbocycles. The van der Waals surface area contributed by atoms with Gasteiger partial charge in [-0.3, -0.25) is 4.90 Å². The Morgan fingerprint density at radius 1 is 1.32 bits per heavy atom. The molecule has 22 heavy (non-hydrogen) atoms. The van der Waals surface area contributed by atoms with Crippen LogP contribution in [0.25, 0.3) is 0 Å². The fraction of sp³-hybridized carbons (Fsp3) is 0.667. The minimum Gasteiger partial charge on any atom is -0.492 e. The van der Waals surface area contributed by atoms with Crippen LogP contribution in [-0.2, 0) is 6.54 Å². The van der Waals surface area contributed by atoms with Crippen LogP contribution in [0.5, 0.6) is 5.75 Å². The number of nitrogens with zero attached hydrogens (tertiary/aromatic N) is 2. The first-order valence-corrected chi connectivity index (χ1v) is 8.32. The van der Waals surface area contributed by atoms with Gasteiger partial charge in [0.15, 0.2) is 0 Å². The average Bonchev–Trinajstić information content (AvgIpc) is 2.49. The maximum absolute atomic E-state index is 10.5. The van der Waals surface area contributed by atoms with Crippen LogP contribution in [0, 0.1) is 0 Å². The maximum atomic E-state index is 10.5. The third kappa shape index (κ3) is 4.97. The lowest BCUT2D eigenvalue weighted by molar-refractivity contribution is -0.0359. The van der Waals surface area contributed by atoms with Gasteiger partial charge in [-0.05, 0) is 46.0 Å². The van der Waals surface area contributed by atoms with Crippen LogP contribution < -0.4 is 4.74 Å². The first-order valence-electron chi connectivity index (χ1n) is 8.32. The van der Waals surface area contributed by atoms with E-state index in [4.69, 9.17) is 4.74 Å². The summed E-state index contributed by atoms with van der Waals surface area (Å²) in [6.45, 7) is 6.34. The fourth-order valence-corrected chi connectivity index (χ4v) is 2.98. The maximum Gasteiger partial charge on any atom is 0.123 e. The van der Waals surface area contributed by atoms with E-state index in [0.717, 1.165) is 51.2 Å². The number of para-hydroxylation sites is 1. The lowest BCUT2D eigenvalue weighted by Gasteiger charge is -2.38. The highest BCUT2D eigenvalue weighted by atomic mass is 16.5. The average molecular weight is 306 g/mol. The van der Waals surface area contributed by atoms with E-state index < -0.39 is 5.60 Å². The summed E-state index contributed by atoms with van der Waals surface area (Å²) in [6.07, 6.45) is 2.81. The lowest BCUT2D eigenvalue weighted by atomic mass is 9.90. The number of piperidine rings is 1. The highest BCUT2D eigenvalue weighted by molar-refractivity contribution is 5.33. The third-order valence-corrected chi connectivity index (χ3v) is 4.46. The summed E-state index contributed by atoms with van der Waals surface area (Å²) in [5, 5.41) is 10.5. The van der Waals surface area contributed by atoms with E-state index in [-0.39, 0.29) is 0 Å². The molecule has 0 unspecified atom stereocenters. The number of hydrogen-bond acceptors (Lipinski definition) is 4. The van der Waals surface area contributed by atoms with Gasteiger partial charge in [0, 0.05) is 25.2 Å². The molecule has 0 aromatic heterocycles. The van der Waals surface area contributed by atoms with Gasteiger partial charge >= 0.3 is 0 Å². The van der Waals surface area contributed by atoms with Crippen molar-refractivity contribution in [2.24, 2.45) is 0 Å². The van der Waals surface area contributed by atoms with Crippen molar-refractivity contribution >= 4 is 0 Å². The van der Waals surface area contributed by atoms with E-state index in [1.807, 2.05) is 12.1 Å². The van der Waals surface area contributed by atoms with Crippen LogP contribution in [0.3, 0.4) is 0 Å². The molecule has 0 saturated carbocycles. The van der Waals surface area contributed by atoms with Gasteiger partial charge in [-0.25, -0.2) is 0 Å². The van der Waals surface area contributed by atoms with Crippen molar-refractivity contribution in [1.82, 2.24) is 9.80 Å². The van der Waals surface area contributed by atoms with Gasteiger partial charge in [0.1, 0.15) is 12.4 Å². The number of β-amino-alcohol motifs (C(OH)–C–C–N with tert-alkyl or cyclic N) is 1. The molecule has 1 aliphatic rings. The van der Waals surface area contributed by atoms with Crippen LogP contribution in [0.4, 0.5) is 0 Å². The van der Waals surface area contributed by atoms with Crippen LogP contribution >= 0.6 is 0 Å². The predicted octanol–water partition coefficient (Wildman–Crippen LogP) is 2.36. The van der Waals surface area contributed by atoms with E-state index in [1.165, 1.54) is 5.56 Å². The Labute approximate surface area is 134 Å². The molecule has 1 atom stereocenters. The summed E-state index contributed by atoms with van der Waals surface area (Å²) in [5.74, 6) is 0.968. The lowest BCUT2D eigenvalue weighted by Crippen LogP contribution is -2.47. The molecule has 4 heteroatoms. The van der Waals surface area contributed by atoms with E-state index in [1.54, 1.807) is 0 Å². The standard InChI is InChI=1S/C18H30N2O2/c1-4-18(21)10-7-11-20(15-18)14-16-8-5-6-9-17(16)22-13-12-19(2)3/h5-6,8-9,21H,4,7,10-15H2,1-3H3/t18-/m1/s1. The molecule has 4 nitrogen and oxygen atoms in total. The Kier molecular flexibility index (Phi) is 6.24. The Balaban J connectivity index is 1.97. The highest BCUT2D eigenvalue weighted by Gasteiger charge is 2.31. The Bertz CT molecular complexity index is 464. The summed E-state index contributed by atoms with van der Waals surface area (Å²) < 4.78 is 5.94. The first-order chi connectivity index (χ1) is 10.5. The number of rotatable bonds is 7. The molecule has 0 amide bonds. The molecule has 124 valence electrons. The summed E-state index contributed by atoms with van der Waals surface area (Å²) in [7, 11) is 4.10. The zero-order valence-corrected chi connectivity index (χ0v) is 14.2. The van der Waals surface area contributed by atoms with Gasteiger partial charge in [0.2, 0.25) is 0 Å². The molecule has 1 aromatic rings. The van der Waals surface area contributed by atoms with Gasteiger partial charge in [-0.15, -0.1) is 0 Å². The van der Waals surface area contributed by atoms with Gasteiger partial charge < -0.3 is 14.7 Å². The van der Waals surface area contributed by atoms with Gasteiger partial charge in [0.05, 0.1) is 5.60 Å². The Hall–Kier alpha value is -1.10. The molecule has 0 aliphatic carbocycles. The molecule has 1 saturated heterocycles. The second-order valence-electron chi connectivity index (χ2n) is 6.65. The molecule has 2 rings (SSSR count). The van der Waals surface area contributed by atoms with Gasteiger partial charge in [-0.2, -0.15) is 0 Å². The quantitative estimate of drug-likeness (QED) is 0.839. The third-order valence-electron chi connectivity index (χ3n) is 4.46. The molecular weight excluding hydrogens is 276 g/mol. The topological polar surface area (TPSA) is 35.9 Å². The zero-order valence-electron chi connectivity index (χ0n) is 14.2. The van der Waals surface area contributed by atoms with Gasteiger partial charge in [-0.1, -0.05) is 25.1 Å². The Morgan fingerprint density at radius 2 is 2.09 bits per heavy atom. The largest absolute Gasteiger partial charge is 0.492 e. The van der Waals surface area contributed by atoms with Crippen LogP contribution in [0.15, 0.2) is 24.3 Å². The molecule has 1 N–H and O–H groups in total. The summed E-state index contributed by atoms with van der Waals surface area (Å²) in [6, 6.07) is 8.25. The van der Waals surface area contributed by atoms with Crippen LogP contribution in [0.2, 0.25) is 0 Å². The van der Waals surface area contributed by atoms with Crippen LogP contribution in [-0.4, -0.2) is 60.8 Å². The summed E-state index contributed by atoms with van der Waals surface area (Å²) >= 11 is 0. The summed E-state index contributed by atoms with van der Waals surface area (Å²) in [4.78, 5) is 4.47. The fourth-order valence-electron chi connectivity index (χ4n) is 2.98. The number of benzene rings is 1. The molecule has 1 aliphatic heterocycles. The second kappa shape index (κ2) is 7.95. The number of hydrogen-bond donors (Lipinski definition) is 1. The zero-order chi connectivity index (χ0) is 16.0. The Morgan fingerprint density at radius 3 is 2.82 bits per heavy atom. The molecular formula is C18H30N2O2. The predicted molar refractivity (Wildman–Crippen MR) is 90.2 cm³/mol. The van der Waals surface area contributed by atoms with Crippen molar-refractivity contribution in [2.75, 3.05) is 40.3 Å². The normalized spacial score (nSPS) is 23.0. The monoisotopic (exact) mass is 306 g/mol. The molecule has 0 spiro atoms. The number of likely N-dealkylation sites (N-methyl/N-ethyl adjacent to an activating group) is 1. The molecule has 1 heterocycles. The van der Waals surface area contributed by atoms with Crippen molar-refractivity contribution in [3.8, 4) is 5.75 Å².